The fraction of sp³-hybridized carbons (Fsp3) is 0.412. The van der Waals surface area contributed by atoms with E-state index in [9.17, 15) is 30.0 Å². The number of Topliss-reactive ketones (excluding diaryl/α,β-unsaturated/α-hetero) is 2. The second kappa shape index (κ2) is 8.68. The Morgan fingerprint density at radius 1 is 0.975 bits per heavy atom. The summed E-state index contributed by atoms with van der Waals surface area (Å²) in [6, 6.07) is 8.15. The van der Waals surface area contributed by atoms with E-state index in [1.54, 1.807) is 6.92 Å². The lowest BCUT2D eigenvalue weighted by Gasteiger charge is -2.57. The third-order valence-corrected chi connectivity index (χ3v) is 9.37. The molecule has 0 unspecified atom stereocenters. The minimum atomic E-state index is -2.35. The van der Waals surface area contributed by atoms with E-state index >= 15 is 0 Å². The number of aryl methyl sites for hydroxylation is 2. The van der Waals surface area contributed by atoms with E-state index in [1.807, 2.05) is 39.0 Å². The van der Waals surface area contributed by atoms with Crippen molar-refractivity contribution >= 4 is 17.1 Å². The first-order valence-electron chi connectivity index (χ1n) is 13.8. The lowest BCUT2D eigenvalue weighted by Crippen LogP contribution is -2.60. The van der Waals surface area contributed by atoms with Gasteiger partial charge in [0, 0.05) is 34.0 Å². The summed E-state index contributed by atoms with van der Waals surface area (Å²) in [5, 5.41) is 46.8. The summed E-state index contributed by atoms with van der Waals surface area (Å²) in [5.41, 5.74) is 1.95. The molecule has 0 heterocycles. The number of aromatic hydroxyl groups is 1. The number of carbonyl (C=O) groups is 2. The van der Waals surface area contributed by atoms with E-state index in [0.717, 1.165) is 34.7 Å². The molecule has 0 saturated carbocycles. The molecular formula is C34H38O6. The Morgan fingerprint density at radius 2 is 1.57 bits per heavy atom. The fourth-order valence-corrected chi connectivity index (χ4v) is 7.82. The van der Waals surface area contributed by atoms with Crippen LogP contribution in [0.4, 0.5) is 0 Å². The molecule has 0 aromatic heterocycles. The van der Waals surface area contributed by atoms with Crippen LogP contribution in [0.25, 0.3) is 16.7 Å². The van der Waals surface area contributed by atoms with Crippen LogP contribution in [0.2, 0.25) is 0 Å². The topological polar surface area (TPSA) is 115 Å². The first kappa shape index (κ1) is 27.9. The first-order chi connectivity index (χ1) is 18.5. The Hall–Kier alpha value is -3.64. The number of aliphatic hydroxyl groups is 3. The molecule has 0 radical (unpaired) electrons. The Labute approximate surface area is 235 Å². The molecule has 2 aromatic carbocycles. The van der Waals surface area contributed by atoms with Crippen LogP contribution in [-0.2, 0) is 16.0 Å². The maximum Gasteiger partial charge on any atom is 0.185 e. The van der Waals surface area contributed by atoms with Crippen LogP contribution in [0, 0.1) is 24.7 Å². The van der Waals surface area contributed by atoms with Gasteiger partial charge in [0.2, 0.25) is 0 Å². The summed E-state index contributed by atoms with van der Waals surface area (Å²) < 4.78 is 0. The van der Waals surface area contributed by atoms with Gasteiger partial charge in [0.25, 0.3) is 0 Å². The lowest BCUT2D eigenvalue weighted by molar-refractivity contribution is -0.141. The van der Waals surface area contributed by atoms with Crippen LogP contribution >= 0.6 is 0 Å². The van der Waals surface area contributed by atoms with Crippen LogP contribution < -0.4 is 0 Å². The molecule has 4 N–H and O–H groups in total. The number of carbonyl (C=O) groups excluding carboxylic acids is 2. The molecule has 6 heteroatoms. The monoisotopic (exact) mass is 542 g/mol. The molecule has 3 aliphatic carbocycles. The van der Waals surface area contributed by atoms with E-state index in [2.05, 4.69) is 26.5 Å². The van der Waals surface area contributed by atoms with Crippen LogP contribution in [0.15, 0.2) is 53.5 Å². The van der Waals surface area contributed by atoms with Crippen molar-refractivity contribution in [2.75, 3.05) is 0 Å². The number of fused-ring (bicyclic) bond motifs is 3. The largest absolute Gasteiger partial charge is 0.508 e. The first-order valence-corrected chi connectivity index (χ1v) is 13.8. The van der Waals surface area contributed by atoms with Crippen molar-refractivity contribution in [3.8, 4) is 16.9 Å². The predicted octanol–water partition coefficient (Wildman–Crippen LogP) is 6.70. The van der Waals surface area contributed by atoms with Crippen molar-refractivity contribution < 1.29 is 30.0 Å². The molecule has 0 aliphatic heterocycles. The van der Waals surface area contributed by atoms with Gasteiger partial charge < -0.3 is 20.4 Å². The van der Waals surface area contributed by atoms with Gasteiger partial charge in [0.15, 0.2) is 17.2 Å². The van der Waals surface area contributed by atoms with Crippen molar-refractivity contribution in [3.63, 3.8) is 0 Å². The van der Waals surface area contributed by atoms with Crippen molar-refractivity contribution in [1.29, 1.82) is 0 Å². The molecule has 40 heavy (non-hydrogen) atoms. The normalized spacial score (nSPS) is 28.0. The Bertz CT molecular complexity index is 1580. The summed E-state index contributed by atoms with van der Waals surface area (Å²) in [4.78, 5) is 25.3. The van der Waals surface area contributed by atoms with Crippen LogP contribution in [0.3, 0.4) is 0 Å². The number of benzene rings is 2. The molecule has 0 fully saturated rings. The summed E-state index contributed by atoms with van der Waals surface area (Å²) in [6.07, 6.45) is 0.466. The van der Waals surface area contributed by atoms with Crippen molar-refractivity contribution in [2.45, 2.75) is 79.2 Å². The molecule has 0 bridgehead atoms. The molecule has 3 aliphatic rings. The lowest BCUT2D eigenvalue weighted by atomic mass is 9.48. The van der Waals surface area contributed by atoms with Gasteiger partial charge in [-0.25, -0.2) is 0 Å². The van der Waals surface area contributed by atoms with Crippen LogP contribution in [0.5, 0.6) is 5.75 Å². The average Bonchev–Trinajstić information content (AvgIpc) is 2.80. The number of hydrogen-bond acceptors (Lipinski definition) is 6. The number of rotatable bonds is 3. The van der Waals surface area contributed by atoms with Gasteiger partial charge >= 0.3 is 0 Å². The molecule has 0 amide bonds. The highest BCUT2D eigenvalue weighted by Crippen LogP contribution is 2.65. The standard InChI is InChI=1S/C34H38O6/c1-16(2)22-12-23(21-10-17(3)9-18(4)11-21)29(37)26-19(5)28-31(39)34(40)30(38)27(20(6)35)25(36)14-33(34,8)15-32(28,7)13-24(22)26/h9-12,16,37-40H,5,13-15H2,1-4,6-8H3/t32-,33+,34+/m1/s1. The fourth-order valence-electron chi connectivity index (χ4n) is 7.82. The molecule has 5 rings (SSSR count). The average molecular weight is 543 g/mol. The van der Waals surface area contributed by atoms with E-state index in [0.29, 0.717) is 28.7 Å². The smallest absolute Gasteiger partial charge is 0.185 e. The predicted molar refractivity (Wildman–Crippen MR) is 155 cm³/mol. The maximum atomic E-state index is 13.0. The van der Waals surface area contributed by atoms with Crippen molar-refractivity contribution in [3.05, 3.63) is 81.3 Å². The summed E-state index contributed by atoms with van der Waals surface area (Å²) >= 11 is 0. The Morgan fingerprint density at radius 3 is 2.12 bits per heavy atom. The number of phenolic OH excluding ortho intramolecular Hbond substituents is 1. The van der Waals surface area contributed by atoms with Gasteiger partial charge in [-0.1, -0.05) is 63.6 Å². The van der Waals surface area contributed by atoms with Gasteiger partial charge in [-0.05, 0) is 67.9 Å². The number of phenols is 1. The highest BCUT2D eigenvalue weighted by atomic mass is 16.4. The van der Waals surface area contributed by atoms with Crippen LogP contribution in [-0.4, -0.2) is 37.6 Å². The third kappa shape index (κ3) is 3.58. The van der Waals surface area contributed by atoms with Gasteiger partial charge in [0.05, 0.1) is 0 Å². The minimum Gasteiger partial charge on any atom is -0.508 e. The van der Waals surface area contributed by atoms with Crippen molar-refractivity contribution in [1.82, 2.24) is 0 Å². The van der Waals surface area contributed by atoms with Gasteiger partial charge in [0.1, 0.15) is 22.8 Å². The Kier molecular flexibility index (Phi) is 6.05. The second-order valence-electron chi connectivity index (χ2n) is 13.0. The maximum absolute atomic E-state index is 13.0. The minimum absolute atomic E-state index is 0.0417. The molecule has 3 atom stereocenters. The van der Waals surface area contributed by atoms with Gasteiger partial charge in [-0.2, -0.15) is 0 Å². The van der Waals surface area contributed by atoms with Gasteiger partial charge in [-0.3, -0.25) is 9.59 Å². The molecule has 0 saturated heterocycles. The quantitative estimate of drug-likeness (QED) is 0.321. The van der Waals surface area contributed by atoms with E-state index in [-0.39, 0.29) is 24.5 Å². The molecule has 210 valence electrons. The zero-order valence-electron chi connectivity index (χ0n) is 24.3. The molecule has 2 aromatic rings. The van der Waals surface area contributed by atoms with E-state index in [4.69, 9.17) is 0 Å². The third-order valence-electron chi connectivity index (χ3n) is 9.37. The number of ketones is 2. The zero-order chi connectivity index (χ0) is 29.7. The highest BCUT2D eigenvalue weighted by molar-refractivity contribution is 6.21. The zero-order valence-corrected chi connectivity index (χ0v) is 24.3. The van der Waals surface area contributed by atoms with Gasteiger partial charge in [-0.15, -0.1) is 0 Å². The molecule has 0 spiro atoms. The van der Waals surface area contributed by atoms with E-state index < -0.39 is 45.1 Å². The molecule has 6 nitrogen and oxygen atoms in total. The second-order valence-corrected chi connectivity index (χ2v) is 13.0. The number of hydrogen-bond donors (Lipinski definition) is 4. The van der Waals surface area contributed by atoms with E-state index in [1.165, 1.54) is 0 Å². The van der Waals surface area contributed by atoms with Crippen LogP contribution in [0.1, 0.15) is 81.2 Å². The number of aliphatic hydroxyl groups excluding tert-OH is 2. The highest BCUT2D eigenvalue weighted by Gasteiger charge is 2.66. The molecular weight excluding hydrogens is 504 g/mol. The Balaban J connectivity index is 1.83. The summed E-state index contributed by atoms with van der Waals surface area (Å²) in [7, 11) is 0. The number of allylic oxidation sites excluding steroid dienone is 3. The summed E-state index contributed by atoms with van der Waals surface area (Å²) in [6.45, 7) is 17.3. The SMILES string of the molecule is C=C1C2=C(O)[C@@]3(O)C(O)=C(C(C)=O)C(=O)C[C@@]3(C)C[C@@]2(C)Cc2c(C(C)C)cc(-c3cc(C)cc(C)c3)c(O)c21. The van der Waals surface area contributed by atoms with Crippen molar-refractivity contribution in [2.24, 2.45) is 10.8 Å². The summed E-state index contributed by atoms with van der Waals surface area (Å²) in [5.74, 6) is -2.40.